The minimum Gasteiger partial charge on any atom is -0.497 e. The molecule has 0 aromatic heterocycles. The summed E-state index contributed by atoms with van der Waals surface area (Å²) >= 11 is 0. The molecule has 1 aliphatic carbocycles. The smallest absolute Gasteiger partial charge is 0.188 e. The van der Waals surface area contributed by atoms with Crippen LogP contribution in [0.1, 0.15) is 41.1 Å². The van der Waals surface area contributed by atoms with Crippen LogP contribution in [0.5, 0.6) is 17.2 Å². The van der Waals surface area contributed by atoms with E-state index in [0.29, 0.717) is 11.3 Å². The fourth-order valence-corrected chi connectivity index (χ4v) is 3.90. The van der Waals surface area contributed by atoms with E-state index in [-0.39, 0.29) is 31.2 Å². The van der Waals surface area contributed by atoms with Gasteiger partial charge < -0.3 is 23.7 Å². The van der Waals surface area contributed by atoms with E-state index in [1.807, 2.05) is 30.3 Å². The predicted octanol–water partition coefficient (Wildman–Crippen LogP) is 4.43. The molecule has 1 fully saturated rings. The molecule has 2 aromatic carbocycles. The molecule has 156 valence electrons. The van der Waals surface area contributed by atoms with Crippen molar-refractivity contribution in [1.82, 2.24) is 0 Å². The average Bonchev–Trinajstić information content (AvgIpc) is 3.25. The molecule has 0 radical (unpaired) electrons. The first-order valence-electron chi connectivity index (χ1n) is 9.73. The second-order valence-electron chi connectivity index (χ2n) is 7.04. The van der Waals surface area contributed by atoms with Crippen molar-refractivity contribution in [2.75, 3.05) is 34.9 Å². The molecular formula is C23H28O6. The van der Waals surface area contributed by atoms with Gasteiger partial charge in [0.2, 0.25) is 0 Å². The van der Waals surface area contributed by atoms with Crippen LogP contribution in [-0.2, 0) is 9.47 Å². The highest BCUT2D eigenvalue weighted by molar-refractivity contribution is 5.98. The Bertz CT molecular complexity index is 802. The van der Waals surface area contributed by atoms with Crippen molar-refractivity contribution in [3.8, 4) is 17.2 Å². The third-order valence-corrected chi connectivity index (χ3v) is 5.28. The van der Waals surface area contributed by atoms with Crippen LogP contribution in [0.15, 0.2) is 42.5 Å². The normalized spacial score (nSPS) is 18.4. The number of rotatable bonds is 10. The van der Waals surface area contributed by atoms with Crippen LogP contribution in [-0.4, -0.2) is 40.7 Å². The maximum atomic E-state index is 13.3. The molecule has 3 rings (SSSR count). The van der Waals surface area contributed by atoms with Crippen molar-refractivity contribution in [2.24, 2.45) is 5.92 Å². The van der Waals surface area contributed by atoms with Crippen LogP contribution < -0.4 is 14.2 Å². The largest absolute Gasteiger partial charge is 0.497 e. The van der Waals surface area contributed by atoms with Crippen molar-refractivity contribution in [3.63, 3.8) is 0 Å². The van der Waals surface area contributed by atoms with Gasteiger partial charge in [0.15, 0.2) is 19.4 Å². The molecule has 0 spiro atoms. The Labute approximate surface area is 171 Å². The van der Waals surface area contributed by atoms with Crippen LogP contribution in [0, 0.1) is 5.92 Å². The number of benzene rings is 2. The molecule has 6 heteroatoms. The molecule has 6 nitrogen and oxygen atoms in total. The maximum absolute atomic E-state index is 13.3. The van der Waals surface area contributed by atoms with Gasteiger partial charge in [0.1, 0.15) is 17.2 Å². The second kappa shape index (κ2) is 10.3. The summed E-state index contributed by atoms with van der Waals surface area (Å²) in [7, 11) is 4.80. The molecule has 2 aromatic rings. The molecule has 0 unspecified atom stereocenters. The predicted molar refractivity (Wildman–Crippen MR) is 109 cm³/mol. The molecule has 0 N–H and O–H groups in total. The average molecular weight is 400 g/mol. The van der Waals surface area contributed by atoms with Gasteiger partial charge in [0.05, 0.1) is 7.11 Å². The number of methoxy groups -OCH3 is 3. The molecule has 0 aliphatic heterocycles. The molecule has 29 heavy (non-hydrogen) atoms. The van der Waals surface area contributed by atoms with Crippen molar-refractivity contribution < 1.29 is 28.5 Å². The Kier molecular flexibility index (Phi) is 7.49. The summed E-state index contributed by atoms with van der Waals surface area (Å²) in [5, 5.41) is 0. The molecule has 1 aliphatic rings. The van der Waals surface area contributed by atoms with E-state index >= 15 is 0 Å². The Morgan fingerprint density at radius 3 is 2.28 bits per heavy atom. The number of carbonyl (C=O) groups excluding carboxylic acids is 1. The van der Waals surface area contributed by atoms with E-state index in [0.717, 1.165) is 36.3 Å². The van der Waals surface area contributed by atoms with Crippen LogP contribution in [0.2, 0.25) is 0 Å². The van der Waals surface area contributed by atoms with E-state index in [9.17, 15) is 4.79 Å². The zero-order valence-corrected chi connectivity index (χ0v) is 17.2. The fraction of sp³-hybridized carbons (Fsp3) is 0.435. The first-order valence-corrected chi connectivity index (χ1v) is 9.73. The first kappa shape index (κ1) is 21.1. The van der Waals surface area contributed by atoms with E-state index < -0.39 is 0 Å². The quantitative estimate of drug-likeness (QED) is 0.434. The Morgan fingerprint density at radius 2 is 1.59 bits per heavy atom. The summed E-state index contributed by atoms with van der Waals surface area (Å²) in [6, 6.07) is 13.0. The van der Waals surface area contributed by atoms with Gasteiger partial charge in [-0.2, -0.15) is 0 Å². The SMILES string of the molecule is COCOc1ccc(C(=O)[C@@H]2CCC[C@@H]2c2cc(OC)ccc2OCOC)cc1. The zero-order valence-electron chi connectivity index (χ0n) is 17.2. The van der Waals surface area contributed by atoms with Crippen LogP contribution >= 0.6 is 0 Å². The van der Waals surface area contributed by atoms with Crippen LogP contribution in [0.3, 0.4) is 0 Å². The van der Waals surface area contributed by atoms with Gasteiger partial charge in [0.25, 0.3) is 0 Å². The zero-order chi connectivity index (χ0) is 20.6. The van der Waals surface area contributed by atoms with Crippen LogP contribution in [0.25, 0.3) is 0 Å². The Balaban J connectivity index is 1.83. The van der Waals surface area contributed by atoms with E-state index in [2.05, 4.69) is 0 Å². The molecule has 1 saturated carbocycles. The molecule has 0 bridgehead atoms. The van der Waals surface area contributed by atoms with Crippen LogP contribution in [0.4, 0.5) is 0 Å². The topological polar surface area (TPSA) is 63.2 Å². The van der Waals surface area contributed by atoms with Crippen molar-refractivity contribution in [2.45, 2.75) is 25.2 Å². The standard InChI is InChI=1S/C23H28O6/c1-25-14-28-17-9-7-16(8-10-17)23(24)20-6-4-5-19(20)21-13-18(27-3)11-12-22(21)29-15-26-2/h7-13,19-20H,4-6,14-15H2,1-3H3/t19-,20+/m0/s1. The summed E-state index contributed by atoms with van der Waals surface area (Å²) < 4.78 is 26.5. The highest BCUT2D eigenvalue weighted by Gasteiger charge is 2.36. The van der Waals surface area contributed by atoms with Gasteiger partial charge in [-0.05, 0) is 61.2 Å². The summed E-state index contributed by atoms with van der Waals surface area (Å²) in [6.45, 7) is 0.339. The number of ether oxygens (including phenoxy) is 5. The lowest BCUT2D eigenvalue weighted by molar-refractivity contribution is 0.0499. The van der Waals surface area contributed by atoms with E-state index in [4.69, 9.17) is 23.7 Å². The lowest BCUT2D eigenvalue weighted by atomic mass is 9.83. The number of ketones is 1. The monoisotopic (exact) mass is 400 g/mol. The minimum atomic E-state index is -0.0993. The fourth-order valence-electron chi connectivity index (χ4n) is 3.90. The maximum Gasteiger partial charge on any atom is 0.188 e. The van der Waals surface area contributed by atoms with Gasteiger partial charge in [-0.25, -0.2) is 0 Å². The number of Topliss-reactive ketones (excluding diaryl/α,β-unsaturated/α-hetero) is 1. The Hall–Kier alpha value is -2.57. The van der Waals surface area contributed by atoms with Gasteiger partial charge in [-0.15, -0.1) is 0 Å². The van der Waals surface area contributed by atoms with Gasteiger partial charge in [0, 0.05) is 31.3 Å². The Morgan fingerprint density at radius 1 is 0.897 bits per heavy atom. The van der Waals surface area contributed by atoms with Gasteiger partial charge in [-0.1, -0.05) is 6.42 Å². The molecular weight excluding hydrogens is 372 g/mol. The number of hydrogen-bond acceptors (Lipinski definition) is 6. The van der Waals surface area contributed by atoms with E-state index in [1.165, 1.54) is 0 Å². The van der Waals surface area contributed by atoms with Gasteiger partial charge >= 0.3 is 0 Å². The first-order chi connectivity index (χ1) is 14.2. The highest BCUT2D eigenvalue weighted by Crippen LogP contribution is 2.45. The van der Waals surface area contributed by atoms with E-state index in [1.54, 1.807) is 33.5 Å². The van der Waals surface area contributed by atoms with Crippen molar-refractivity contribution in [3.05, 3.63) is 53.6 Å². The number of carbonyl (C=O) groups is 1. The minimum absolute atomic E-state index is 0.0777. The molecule has 0 heterocycles. The molecule has 0 saturated heterocycles. The summed E-state index contributed by atoms with van der Waals surface area (Å²) in [6.07, 6.45) is 2.78. The second-order valence-corrected chi connectivity index (χ2v) is 7.04. The van der Waals surface area contributed by atoms with Gasteiger partial charge in [-0.3, -0.25) is 4.79 Å². The third kappa shape index (κ3) is 5.08. The van der Waals surface area contributed by atoms with Crippen molar-refractivity contribution >= 4 is 5.78 Å². The molecule has 0 amide bonds. The summed E-state index contributed by atoms with van der Waals surface area (Å²) in [5.74, 6) is 2.29. The number of hydrogen-bond donors (Lipinski definition) is 0. The highest BCUT2D eigenvalue weighted by atomic mass is 16.7. The molecule has 2 atom stereocenters. The lowest BCUT2D eigenvalue weighted by Gasteiger charge is -2.22. The van der Waals surface area contributed by atoms with Crippen molar-refractivity contribution in [1.29, 1.82) is 0 Å². The third-order valence-electron chi connectivity index (χ3n) is 5.28. The lowest BCUT2D eigenvalue weighted by Crippen LogP contribution is -2.19. The summed E-state index contributed by atoms with van der Waals surface area (Å²) in [5.41, 5.74) is 1.69. The summed E-state index contributed by atoms with van der Waals surface area (Å²) in [4.78, 5) is 13.3.